The summed E-state index contributed by atoms with van der Waals surface area (Å²) in [6, 6.07) is 0. The zero-order valence-corrected chi connectivity index (χ0v) is 9.40. The SMILES string of the molecule is O=C(O)[CH2][Hg][Cl]. The van der Waals surface area contributed by atoms with Gasteiger partial charge in [0.05, 0.1) is 0 Å². The van der Waals surface area contributed by atoms with Gasteiger partial charge in [0.1, 0.15) is 0 Å². The molecule has 1 N–H and O–H groups in total. The quantitative estimate of drug-likeness (QED) is 0.763. The second-order valence-corrected chi connectivity index (χ2v) is 7.56. The molecule has 6 heavy (non-hydrogen) atoms. The number of carboxylic acid groups (broad SMARTS) is 1. The molecule has 0 saturated heterocycles. The Morgan fingerprint density at radius 1 is 2.00 bits per heavy atom. The molecule has 0 unspecified atom stereocenters. The third-order valence-corrected chi connectivity index (χ3v) is 4.36. The molecule has 0 fully saturated rings. The summed E-state index contributed by atoms with van der Waals surface area (Å²) in [6.07, 6.45) is 0. The second-order valence-electron chi connectivity index (χ2n) is 0.833. The van der Waals surface area contributed by atoms with Crippen molar-refractivity contribution in [3.63, 3.8) is 0 Å². The van der Waals surface area contributed by atoms with Gasteiger partial charge in [0, 0.05) is 0 Å². The van der Waals surface area contributed by atoms with E-state index in [9.17, 15) is 4.79 Å². The zero-order valence-electron chi connectivity index (χ0n) is 3.15. The molecule has 2 nitrogen and oxygen atoms in total. The van der Waals surface area contributed by atoms with E-state index in [2.05, 4.69) is 0 Å². The predicted molar refractivity (Wildman–Crippen MR) is 18.3 cm³/mol. The molecule has 0 aliphatic rings. The van der Waals surface area contributed by atoms with E-state index in [-0.39, 0.29) is 3.93 Å². The van der Waals surface area contributed by atoms with Gasteiger partial charge in [-0.2, -0.15) is 0 Å². The molecule has 0 aliphatic carbocycles. The van der Waals surface area contributed by atoms with Crippen LogP contribution in [0.5, 0.6) is 0 Å². The predicted octanol–water partition coefficient (Wildman–Crippen LogP) is 0.726. The average molecular weight is 295 g/mol. The number of carboxylic acids is 1. The molecule has 0 aromatic rings. The van der Waals surface area contributed by atoms with Crippen LogP contribution in [0.4, 0.5) is 0 Å². The molecule has 0 aromatic carbocycles. The standard InChI is InChI=1S/C2H3O2.ClH.Hg/c1-2(3)4;;/h1H2,(H,3,4);1H;/q;;+1/p-1. The van der Waals surface area contributed by atoms with Crippen molar-refractivity contribution in [1.29, 1.82) is 0 Å². The van der Waals surface area contributed by atoms with Crippen LogP contribution in [0.3, 0.4) is 0 Å². The van der Waals surface area contributed by atoms with E-state index in [1.165, 1.54) is 0 Å². The van der Waals surface area contributed by atoms with Gasteiger partial charge in [-0.05, 0) is 0 Å². The fraction of sp³-hybridized carbons (Fsp3) is 0.500. The summed E-state index contributed by atoms with van der Waals surface area (Å²) in [5, 5.41) is 7.88. The first kappa shape index (κ1) is 6.70. The van der Waals surface area contributed by atoms with Crippen LogP contribution in [0.1, 0.15) is 0 Å². The Bertz CT molecular complexity index is 55.5. The summed E-state index contributed by atoms with van der Waals surface area (Å²) in [5.41, 5.74) is 0. The first-order valence-electron chi connectivity index (χ1n) is 1.55. The van der Waals surface area contributed by atoms with Crippen LogP contribution >= 0.6 is 8.25 Å². The van der Waals surface area contributed by atoms with Crippen LogP contribution in [-0.4, -0.2) is 11.1 Å². The van der Waals surface area contributed by atoms with Gasteiger partial charge in [-0.25, -0.2) is 0 Å². The number of hydrogen-bond acceptors (Lipinski definition) is 1. The van der Waals surface area contributed by atoms with Crippen molar-refractivity contribution in [2.45, 2.75) is 3.93 Å². The summed E-state index contributed by atoms with van der Waals surface area (Å²) in [5.74, 6) is -0.744. The molecular formula is C2H3ClHgO2. The Morgan fingerprint density at radius 2 is 2.50 bits per heavy atom. The van der Waals surface area contributed by atoms with Crippen molar-refractivity contribution in [2.75, 3.05) is 0 Å². The van der Waals surface area contributed by atoms with Crippen molar-refractivity contribution in [1.82, 2.24) is 0 Å². The summed E-state index contributed by atoms with van der Waals surface area (Å²) in [4.78, 5) is 9.57. The van der Waals surface area contributed by atoms with E-state index in [1.54, 1.807) is 0 Å². The van der Waals surface area contributed by atoms with Gasteiger partial charge in [0.2, 0.25) is 0 Å². The van der Waals surface area contributed by atoms with Gasteiger partial charge >= 0.3 is 51.4 Å². The van der Waals surface area contributed by atoms with Gasteiger partial charge in [0.15, 0.2) is 0 Å². The molecule has 0 atom stereocenters. The van der Waals surface area contributed by atoms with Crippen molar-refractivity contribution in [2.24, 2.45) is 0 Å². The number of hydrogen-bond donors (Lipinski definition) is 1. The fourth-order valence-corrected chi connectivity index (χ4v) is 2.13. The molecule has 0 amide bonds. The van der Waals surface area contributed by atoms with Gasteiger partial charge in [-0.3, -0.25) is 0 Å². The van der Waals surface area contributed by atoms with Gasteiger partial charge in [0.25, 0.3) is 0 Å². The summed E-state index contributed by atoms with van der Waals surface area (Å²) < 4.78 is 0.279. The van der Waals surface area contributed by atoms with E-state index in [1.807, 2.05) is 0 Å². The Balaban J connectivity index is 2.83. The third kappa shape index (κ3) is 4.70. The molecule has 0 spiro atoms. The van der Waals surface area contributed by atoms with Crippen LogP contribution in [0.25, 0.3) is 0 Å². The van der Waals surface area contributed by atoms with E-state index in [4.69, 9.17) is 13.4 Å². The molecule has 0 rings (SSSR count). The monoisotopic (exact) mass is 296 g/mol. The van der Waals surface area contributed by atoms with E-state index < -0.39 is 29.3 Å². The maximum atomic E-state index is 9.57. The third-order valence-electron chi connectivity index (χ3n) is 0.308. The minimum absolute atomic E-state index is 0.279. The van der Waals surface area contributed by atoms with Crippen LogP contribution in [-0.2, 0) is 28.1 Å². The normalized spacial score (nSPS) is 6.83. The van der Waals surface area contributed by atoms with E-state index in [0.29, 0.717) is 0 Å². The van der Waals surface area contributed by atoms with Gasteiger partial charge in [-0.1, -0.05) is 0 Å². The summed E-state index contributed by atoms with van der Waals surface area (Å²) in [7, 11) is 5.24. The molecule has 0 aromatic heterocycles. The molecule has 0 bridgehead atoms. The minimum atomic E-state index is -1.34. The molecule has 32 valence electrons. The van der Waals surface area contributed by atoms with Crippen LogP contribution in [0.15, 0.2) is 0 Å². The molecule has 0 saturated carbocycles. The maximum absolute atomic E-state index is 9.57. The molecule has 0 aliphatic heterocycles. The van der Waals surface area contributed by atoms with Crippen molar-refractivity contribution in [3.8, 4) is 0 Å². The number of halogens is 1. The average Bonchev–Trinajstić information content (AvgIpc) is 1.35. The number of rotatable bonds is 2. The summed E-state index contributed by atoms with van der Waals surface area (Å²) >= 11 is -1.34. The van der Waals surface area contributed by atoms with E-state index >= 15 is 0 Å². The van der Waals surface area contributed by atoms with E-state index in [0.717, 1.165) is 0 Å². The second kappa shape index (κ2) is 3.87. The zero-order chi connectivity index (χ0) is 4.99. The van der Waals surface area contributed by atoms with Crippen molar-refractivity contribution >= 4 is 14.2 Å². The molecule has 0 heterocycles. The van der Waals surface area contributed by atoms with Crippen molar-refractivity contribution < 1.29 is 33.2 Å². The summed E-state index contributed by atoms with van der Waals surface area (Å²) in [6.45, 7) is 0. The Labute approximate surface area is 51.4 Å². The van der Waals surface area contributed by atoms with Gasteiger partial charge < -0.3 is 0 Å². The number of aliphatic carboxylic acids is 1. The first-order chi connectivity index (χ1) is 2.77. The van der Waals surface area contributed by atoms with Crippen molar-refractivity contribution in [3.05, 3.63) is 0 Å². The molecular weight excluding hydrogens is 292 g/mol. The van der Waals surface area contributed by atoms with Crippen LogP contribution in [0, 0.1) is 0 Å². The Hall–Kier alpha value is 0.695. The Morgan fingerprint density at radius 3 is 2.50 bits per heavy atom. The first-order valence-corrected chi connectivity index (χ1v) is 12.2. The van der Waals surface area contributed by atoms with Crippen LogP contribution < -0.4 is 0 Å². The molecule has 0 radical (unpaired) electrons. The topological polar surface area (TPSA) is 37.3 Å². The fourth-order valence-electron chi connectivity index (χ4n) is 0.0808. The van der Waals surface area contributed by atoms with Crippen LogP contribution in [0.2, 0.25) is 3.93 Å². The Kier molecular flexibility index (Phi) is 4.32. The molecule has 4 heteroatoms. The van der Waals surface area contributed by atoms with Gasteiger partial charge in [-0.15, -0.1) is 0 Å². The number of carbonyl (C=O) groups is 1.